The van der Waals surface area contributed by atoms with Gasteiger partial charge < -0.3 is 0 Å². The Morgan fingerprint density at radius 3 is 2.25 bits per heavy atom. The number of hydrogen-bond donors (Lipinski definition) is 0. The molecule has 150 valence electrons. The normalized spacial score (nSPS) is 18.6. The van der Waals surface area contributed by atoms with Crippen LogP contribution in [-0.4, -0.2) is 4.98 Å². The van der Waals surface area contributed by atoms with Crippen LogP contribution in [0.15, 0.2) is 12.3 Å². The van der Waals surface area contributed by atoms with Gasteiger partial charge in [-0.2, -0.15) is 0 Å². The Kier molecular flexibility index (Phi) is 4.46. The van der Waals surface area contributed by atoms with Gasteiger partial charge in [-0.25, -0.2) is 4.98 Å². The van der Waals surface area contributed by atoms with Crippen molar-refractivity contribution in [3.05, 3.63) is 39.7 Å². The molecular formula is C25H32ClNS. The number of aryl methyl sites for hydroxylation is 1. The van der Waals surface area contributed by atoms with E-state index in [0.717, 1.165) is 11.1 Å². The second-order valence-corrected chi connectivity index (χ2v) is 12.5. The summed E-state index contributed by atoms with van der Waals surface area (Å²) in [5.41, 5.74) is 6.81. The van der Waals surface area contributed by atoms with Gasteiger partial charge in [0.15, 0.2) is 0 Å². The Labute approximate surface area is 178 Å². The first kappa shape index (κ1) is 20.2. The molecule has 1 nitrogen and oxygen atoms in total. The highest BCUT2D eigenvalue weighted by Gasteiger charge is 2.42. The van der Waals surface area contributed by atoms with Crippen LogP contribution in [0.4, 0.5) is 0 Å². The van der Waals surface area contributed by atoms with Crippen LogP contribution in [0.25, 0.3) is 20.2 Å². The average molecular weight is 414 g/mol. The van der Waals surface area contributed by atoms with E-state index in [0.29, 0.717) is 5.15 Å². The minimum Gasteiger partial charge on any atom is -0.243 e. The number of fused-ring (bicyclic) bond motifs is 5. The smallest absolute Gasteiger partial charge is 0.146 e. The number of halogens is 1. The SMILES string of the molecule is Cc1c(CC(C)(C)C)c2c(c3sc4c(Cl)nccc4c13)C(C)(C)CCC2(C)C. The summed E-state index contributed by atoms with van der Waals surface area (Å²) in [5.74, 6) is 0. The summed E-state index contributed by atoms with van der Waals surface area (Å²) in [4.78, 5) is 4.37. The third kappa shape index (κ3) is 2.99. The Hall–Kier alpha value is -1.12. The van der Waals surface area contributed by atoms with Crippen molar-refractivity contribution in [3.63, 3.8) is 0 Å². The quantitative estimate of drug-likeness (QED) is 0.365. The number of pyridine rings is 1. The summed E-state index contributed by atoms with van der Waals surface area (Å²) in [6.45, 7) is 19.2. The predicted octanol–water partition coefficient (Wildman–Crippen LogP) is 8.35. The fourth-order valence-electron chi connectivity index (χ4n) is 5.16. The molecule has 0 saturated heterocycles. The highest BCUT2D eigenvalue weighted by molar-refractivity contribution is 7.26. The molecule has 4 rings (SSSR count). The summed E-state index contributed by atoms with van der Waals surface area (Å²) >= 11 is 8.39. The zero-order valence-corrected chi connectivity index (χ0v) is 20.1. The lowest BCUT2D eigenvalue weighted by Gasteiger charge is -2.44. The summed E-state index contributed by atoms with van der Waals surface area (Å²) in [6.07, 6.45) is 5.42. The van der Waals surface area contributed by atoms with Gasteiger partial charge in [-0.1, -0.05) is 60.1 Å². The molecule has 0 amide bonds. The topological polar surface area (TPSA) is 12.9 Å². The molecule has 28 heavy (non-hydrogen) atoms. The molecule has 0 radical (unpaired) electrons. The van der Waals surface area contributed by atoms with Crippen LogP contribution in [0.1, 0.15) is 83.6 Å². The van der Waals surface area contributed by atoms with Crippen LogP contribution in [0.2, 0.25) is 5.15 Å². The molecule has 1 aromatic carbocycles. The van der Waals surface area contributed by atoms with Crippen molar-refractivity contribution in [2.75, 3.05) is 0 Å². The fraction of sp³-hybridized carbons (Fsp3) is 0.560. The van der Waals surface area contributed by atoms with Gasteiger partial charge in [0.1, 0.15) is 5.15 Å². The van der Waals surface area contributed by atoms with Crippen LogP contribution in [0, 0.1) is 12.3 Å². The molecule has 0 spiro atoms. The third-order valence-corrected chi connectivity index (χ3v) is 8.23. The molecule has 3 heteroatoms. The van der Waals surface area contributed by atoms with Crippen LogP contribution in [-0.2, 0) is 17.3 Å². The van der Waals surface area contributed by atoms with E-state index >= 15 is 0 Å². The molecule has 2 heterocycles. The first-order valence-corrected chi connectivity index (χ1v) is 11.6. The number of aromatic nitrogens is 1. The minimum atomic E-state index is 0.171. The number of nitrogens with zero attached hydrogens (tertiary/aromatic N) is 1. The van der Waals surface area contributed by atoms with E-state index in [1.165, 1.54) is 33.9 Å². The van der Waals surface area contributed by atoms with Gasteiger partial charge in [-0.05, 0) is 70.8 Å². The summed E-state index contributed by atoms with van der Waals surface area (Å²) in [6, 6.07) is 2.15. The molecule has 2 aromatic heterocycles. The molecule has 0 saturated carbocycles. The maximum atomic E-state index is 6.54. The monoisotopic (exact) mass is 413 g/mol. The van der Waals surface area contributed by atoms with Gasteiger partial charge in [-0.15, -0.1) is 11.3 Å². The molecule has 1 aliphatic carbocycles. The van der Waals surface area contributed by atoms with Crippen molar-refractivity contribution in [3.8, 4) is 0 Å². The lowest BCUT2D eigenvalue weighted by atomic mass is 9.60. The maximum Gasteiger partial charge on any atom is 0.146 e. The highest BCUT2D eigenvalue weighted by Crippen LogP contribution is 2.55. The predicted molar refractivity (Wildman–Crippen MR) is 125 cm³/mol. The summed E-state index contributed by atoms with van der Waals surface area (Å²) in [5, 5.41) is 3.32. The van der Waals surface area contributed by atoms with Crippen molar-refractivity contribution >= 4 is 43.1 Å². The first-order valence-electron chi connectivity index (χ1n) is 10.4. The van der Waals surface area contributed by atoms with Gasteiger partial charge in [0, 0.05) is 21.7 Å². The zero-order valence-electron chi connectivity index (χ0n) is 18.5. The van der Waals surface area contributed by atoms with Gasteiger partial charge in [0.2, 0.25) is 0 Å². The maximum absolute atomic E-state index is 6.54. The lowest BCUT2D eigenvalue weighted by molar-refractivity contribution is 0.326. The minimum absolute atomic E-state index is 0.171. The van der Waals surface area contributed by atoms with Crippen molar-refractivity contribution < 1.29 is 0 Å². The Bertz CT molecular complexity index is 1100. The van der Waals surface area contributed by atoms with E-state index in [-0.39, 0.29) is 16.2 Å². The second kappa shape index (κ2) is 6.19. The first-order chi connectivity index (χ1) is 12.8. The van der Waals surface area contributed by atoms with E-state index in [1.54, 1.807) is 16.7 Å². The Morgan fingerprint density at radius 2 is 1.64 bits per heavy atom. The number of rotatable bonds is 1. The molecule has 3 aromatic rings. The van der Waals surface area contributed by atoms with Gasteiger partial charge in [0.25, 0.3) is 0 Å². The number of benzene rings is 1. The van der Waals surface area contributed by atoms with Gasteiger partial charge >= 0.3 is 0 Å². The van der Waals surface area contributed by atoms with Crippen molar-refractivity contribution in [1.29, 1.82) is 0 Å². The van der Waals surface area contributed by atoms with Crippen LogP contribution >= 0.6 is 22.9 Å². The molecule has 0 N–H and O–H groups in total. The summed E-state index contributed by atoms with van der Waals surface area (Å²) in [7, 11) is 0. The fourth-order valence-corrected chi connectivity index (χ4v) is 6.90. The third-order valence-electron chi connectivity index (χ3n) is 6.60. The van der Waals surface area contributed by atoms with E-state index in [9.17, 15) is 0 Å². The molecule has 0 bridgehead atoms. The van der Waals surface area contributed by atoms with Crippen molar-refractivity contribution in [2.45, 2.75) is 85.5 Å². The van der Waals surface area contributed by atoms with Gasteiger partial charge in [0.05, 0.1) is 4.70 Å². The lowest BCUT2D eigenvalue weighted by Crippen LogP contribution is -2.36. The molecule has 0 atom stereocenters. The van der Waals surface area contributed by atoms with Crippen molar-refractivity contribution in [2.24, 2.45) is 5.41 Å². The zero-order chi connectivity index (χ0) is 20.6. The van der Waals surface area contributed by atoms with Crippen molar-refractivity contribution in [1.82, 2.24) is 4.98 Å². The van der Waals surface area contributed by atoms with E-state index in [1.807, 2.05) is 17.5 Å². The largest absolute Gasteiger partial charge is 0.243 e. The second-order valence-electron chi connectivity index (χ2n) is 11.1. The Balaban J connectivity index is 2.26. The van der Waals surface area contributed by atoms with E-state index < -0.39 is 0 Å². The molecular weight excluding hydrogens is 382 g/mol. The van der Waals surface area contributed by atoms with Gasteiger partial charge in [-0.3, -0.25) is 0 Å². The van der Waals surface area contributed by atoms with Crippen LogP contribution in [0.5, 0.6) is 0 Å². The molecule has 0 fully saturated rings. The van der Waals surface area contributed by atoms with E-state index in [2.05, 4.69) is 66.4 Å². The average Bonchev–Trinajstić information content (AvgIpc) is 2.94. The van der Waals surface area contributed by atoms with Crippen LogP contribution in [0.3, 0.4) is 0 Å². The number of thiophene rings is 1. The van der Waals surface area contributed by atoms with Crippen LogP contribution < -0.4 is 0 Å². The standard InChI is InChI=1S/C25H32ClNS/c1-14-16(13-23(2,3)4)18-19(25(7,8)11-10-24(18,5)6)21-17(14)15-9-12-27-22(26)20(15)28-21/h9,12H,10-11,13H2,1-8H3. The molecule has 0 aliphatic heterocycles. The Morgan fingerprint density at radius 1 is 1.04 bits per heavy atom. The number of hydrogen-bond acceptors (Lipinski definition) is 2. The summed E-state index contributed by atoms with van der Waals surface area (Å²) < 4.78 is 2.57. The van der Waals surface area contributed by atoms with E-state index in [4.69, 9.17) is 11.6 Å². The highest BCUT2D eigenvalue weighted by atomic mass is 35.5. The molecule has 0 unspecified atom stereocenters. The molecule has 1 aliphatic rings.